The third-order valence-corrected chi connectivity index (χ3v) is 11.8. The monoisotopic (exact) mass is 792 g/mol. The number of halogens is 4. The lowest BCUT2D eigenvalue weighted by Gasteiger charge is -2.49. The first kappa shape index (κ1) is 34.1. The molecule has 262 valence electrons. The van der Waals surface area contributed by atoms with E-state index in [-0.39, 0.29) is 42.6 Å². The highest BCUT2D eigenvalue weighted by Gasteiger charge is 2.75. The van der Waals surface area contributed by atoms with Gasteiger partial charge >= 0.3 is 11.4 Å². The summed E-state index contributed by atoms with van der Waals surface area (Å²) in [5.74, 6) is -4.09. The summed E-state index contributed by atoms with van der Waals surface area (Å²) in [6.45, 7) is -0.397. The van der Waals surface area contributed by atoms with Crippen molar-refractivity contribution in [3.63, 3.8) is 0 Å². The number of aromatic hydroxyl groups is 1. The van der Waals surface area contributed by atoms with E-state index in [4.69, 9.17) is 32.7 Å². The van der Waals surface area contributed by atoms with Gasteiger partial charge in [0.25, 0.3) is 17.4 Å². The smallest absolute Gasteiger partial charge is 0.347 e. The first-order valence-corrected chi connectivity index (χ1v) is 17.1. The number of rotatable bonds is 7. The number of alkyl halides is 3. The van der Waals surface area contributed by atoms with Crippen LogP contribution in [0.25, 0.3) is 11.0 Å². The number of carbonyl (C=O) groups excluding carboxylic acids is 2. The fourth-order valence-corrected chi connectivity index (χ4v) is 8.85. The van der Waals surface area contributed by atoms with Crippen molar-refractivity contribution < 1.29 is 28.6 Å². The zero-order chi connectivity index (χ0) is 36.0. The molecule has 2 aromatic heterocycles. The molecule has 2 aromatic carbocycles. The molecule has 1 aliphatic carbocycles. The molecule has 1 saturated heterocycles. The van der Waals surface area contributed by atoms with E-state index in [0.717, 1.165) is 24.9 Å². The Morgan fingerprint density at radius 1 is 1.06 bits per heavy atom. The summed E-state index contributed by atoms with van der Waals surface area (Å²) in [6, 6.07) is 5.82. The lowest BCUT2D eigenvalue weighted by atomic mass is 9.64. The number of methoxy groups -OCH3 is 2. The molecular weight excluding hydrogens is 766 g/mol. The predicted molar refractivity (Wildman–Crippen MR) is 182 cm³/mol. The number of amides is 2. The predicted octanol–water partition coefficient (Wildman–Crippen LogP) is 2.51. The molecule has 0 radical (unpaired) electrons. The van der Waals surface area contributed by atoms with Gasteiger partial charge in [0.15, 0.2) is 32.8 Å². The highest BCUT2D eigenvalue weighted by Crippen LogP contribution is 2.64. The van der Waals surface area contributed by atoms with Gasteiger partial charge in [-0.2, -0.15) is 0 Å². The normalized spacial score (nSPS) is 24.2. The Morgan fingerprint density at radius 3 is 2.44 bits per heavy atom. The number of benzene rings is 2. The number of para-hydroxylation sites is 1. The van der Waals surface area contributed by atoms with Gasteiger partial charge in [-0.1, -0.05) is 34.1 Å². The number of ether oxygens (including phenoxy) is 2. The van der Waals surface area contributed by atoms with Crippen LogP contribution in [0.2, 0.25) is 0 Å². The first-order chi connectivity index (χ1) is 23.7. The van der Waals surface area contributed by atoms with E-state index in [1.165, 1.54) is 30.9 Å². The number of aryl methyl sites for hydroxylation is 2. The number of likely N-dealkylation sites (tertiary alicyclic amines) is 1. The Labute approximate surface area is 299 Å². The van der Waals surface area contributed by atoms with Crippen LogP contribution in [-0.4, -0.2) is 74.7 Å². The molecule has 4 aromatic rings. The fraction of sp³-hybridized carbons (Fsp3) is 0.375. The molecule has 2 fully saturated rings. The maximum absolute atomic E-state index is 14.8. The molecule has 4 heterocycles. The molecule has 3 aliphatic rings. The SMILES string of the molecule is COc1cc2nc(CCn3c(=O)n4n(c3=O)C3CC5(Cl)C(=O)N(CBr)C(=O)C5(Cl)C(c5cccc(F)c5O)C3=CC4)c(=O)n(C)c2cc1OC. The average molecular weight is 794 g/mol. The Balaban J connectivity index is 1.32. The number of phenolic OH excluding ortho intramolecular Hbond substituents is 1. The fourth-order valence-electron chi connectivity index (χ4n) is 7.45. The van der Waals surface area contributed by atoms with Crippen molar-refractivity contribution in [2.45, 2.75) is 47.6 Å². The van der Waals surface area contributed by atoms with Crippen LogP contribution in [0.5, 0.6) is 17.2 Å². The number of carbonyl (C=O) groups is 2. The average Bonchev–Trinajstić information content (AvgIpc) is 3.43. The quantitative estimate of drug-likeness (QED) is 0.128. The molecule has 7 rings (SSSR count). The molecule has 1 N–H and O–H groups in total. The van der Waals surface area contributed by atoms with Gasteiger partial charge in [0.2, 0.25) is 0 Å². The molecule has 0 bridgehead atoms. The summed E-state index contributed by atoms with van der Waals surface area (Å²) in [7, 11) is 4.50. The van der Waals surface area contributed by atoms with Gasteiger partial charge < -0.3 is 19.1 Å². The van der Waals surface area contributed by atoms with E-state index < -0.39 is 62.0 Å². The van der Waals surface area contributed by atoms with Crippen molar-refractivity contribution in [3.05, 3.63) is 90.4 Å². The molecule has 1 saturated carbocycles. The van der Waals surface area contributed by atoms with Crippen LogP contribution >= 0.6 is 39.1 Å². The number of phenols is 1. The van der Waals surface area contributed by atoms with Crippen LogP contribution in [0.15, 0.2) is 56.4 Å². The van der Waals surface area contributed by atoms with Crippen LogP contribution in [-0.2, 0) is 36.1 Å². The van der Waals surface area contributed by atoms with Crippen LogP contribution in [0.4, 0.5) is 4.39 Å². The van der Waals surface area contributed by atoms with Gasteiger partial charge in [-0.25, -0.2) is 32.9 Å². The number of imide groups is 1. The van der Waals surface area contributed by atoms with Crippen molar-refractivity contribution in [1.82, 2.24) is 28.4 Å². The summed E-state index contributed by atoms with van der Waals surface area (Å²) >= 11 is 17.4. The Bertz CT molecular complexity index is 2370. The number of aromatic nitrogens is 5. The maximum atomic E-state index is 14.8. The third-order valence-electron chi connectivity index (χ3n) is 9.91. The van der Waals surface area contributed by atoms with E-state index in [0.29, 0.717) is 28.1 Å². The van der Waals surface area contributed by atoms with Crippen molar-refractivity contribution in [2.24, 2.45) is 7.05 Å². The second-order valence-electron chi connectivity index (χ2n) is 12.2. The second-order valence-corrected chi connectivity index (χ2v) is 14.0. The van der Waals surface area contributed by atoms with Crippen LogP contribution < -0.4 is 26.4 Å². The Kier molecular flexibility index (Phi) is 8.07. The molecule has 2 aliphatic heterocycles. The van der Waals surface area contributed by atoms with Gasteiger partial charge in [-0.05, 0) is 11.6 Å². The Hall–Kier alpha value is -4.41. The minimum Gasteiger partial charge on any atom is -0.505 e. The van der Waals surface area contributed by atoms with Gasteiger partial charge in [-0.3, -0.25) is 19.3 Å². The lowest BCUT2D eigenvalue weighted by Crippen LogP contribution is -2.59. The lowest BCUT2D eigenvalue weighted by molar-refractivity contribution is -0.138. The molecule has 4 atom stereocenters. The summed E-state index contributed by atoms with van der Waals surface area (Å²) in [5, 5.41) is 10.9. The van der Waals surface area contributed by atoms with E-state index in [1.54, 1.807) is 25.3 Å². The van der Waals surface area contributed by atoms with Crippen LogP contribution in [0.3, 0.4) is 0 Å². The molecular formula is C32H28BrCl2FN6O8. The number of fused-ring (bicyclic) bond motifs is 5. The van der Waals surface area contributed by atoms with E-state index in [1.807, 2.05) is 0 Å². The minimum absolute atomic E-state index is 0.0855. The van der Waals surface area contributed by atoms with E-state index in [9.17, 15) is 33.5 Å². The molecule has 14 nitrogen and oxygen atoms in total. The zero-order valence-electron chi connectivity index (χ0n) is 26.7. The van der Waals surface area contributed by atoms with Gasteiger partial charge in [0, 0.05) is 50.0 Å². The first-order valence-electron chi connectivity index (χ1n) is 15.3. The zero-order valence-corrected chi connectivity index (χ0v) is 29.8. The topological polar surface area (TPSA) is 160 Å². The van der Waals surface area contributed by atoms with Crippen LogP contribution in [0.1, 0.15) is 29.6 Å². The van der Waals surface area contributed by atoms with Crippen molar-refractivity contribution in [1.29, 1.82) is 0 Å². The standard InChI is InChI=1S/C32H28BrCl2FN6O8/c1-38-20-12-23(50-3)22(49-2)11-19(20)37-18(26(38)44)8-9-39-29(47)41-10-7-15-21(42(41)30(39)48)13-31(34)27(45)40(14-33)28(46)32(31,35)24(15)16-5-4-6-17(36)25(16)43/h4-7,11-12,21,24,43H,8-10,13-14H2,1-3H3. The Morgan fingerprint density at radius 2 is 1.76 bits per heavy atom. The van der Waals surface area contributed by atoms with Gasteiger partial charge in [0.1, 0.15) is 5.69 Å². The summed E-state index contributed by atoms with van der Waals surface area (Å²) < 4.78 is 30.1. The molecule has 4 unspecified atom stereocenters. The molecule has 18 heteroatoms. The summed E-state index contributed by atoms with van der Waals surface area (Å²) in [4.78, 5) is 69.7. The van der Waals surface area contributed by atoms with Gasteiger partial charge in [0.05, 0.1) is 43.3 Å². The van der Waals surface area contributed by atoms with Crippen molar-refractivity contribution in [3.8, 4) is 17.2 Å². The van der Waals surface area contributed by atoms with E-state index >= 15 is 0 Å². The maximum Gasteiger partial charge on any atom is 0.347 e. The second kappa shape index (κ2) is 11.8. The third kappa shape index (κ3) is 4.43. The highest BCUT2D eigenvalue weighted by atomic mass is 79.9. The minimum atomic E-state index is -2.23. The van der Waals surface area contributed by atoms with Crippen molar-refractivity contribution in [2.75, 3.05) is 19.7 Å². The van der Waals surface area contributed by atoms with Crippen LogP contribution in [0, 0.1) is 5.82 Å². The molecule has 50 heavy (non-hydrogen) atoms. The number of hydrogen-bond donors (Lipinski definition) is 1. The van der Waals surface area contributed by atoms with Crippen molar-refractivity contribution >= 4 is 62.0 Å². The van der Waals surface area contributed by atoms with Gasteiger partial charge in [-0.15, -0.1) is 23.2 Å². The van der Waals surface area contributed by atoms with E-state index in [2.05, 4.69) is 20.9 Å². The largest absolute Gasteiger partial charge is 0.505 e. The number of nitrogens with zero attached hydrogens (tertiary/aromatic N) is 6. The molecule has 0 spiro atoms. The molecule has 2 amide bonds. The number of allylic oxidation sites excluding steroid dienone is 2. The highest BCUT2D eigenvalue weighted by molar-refractivity contribution is 9.09. The summed E-state index contributed by atoms with van der Waals surface area (Å²) in [6.07, 6.45) is 1.09. The summed E-state index contributed by atoms with van der Waals surface area (Å²) in [5.41, 5.74) is -1.02. The number of hydrogen-bond acceptors (Lipinski definition) is 9.